The Bertz CT molecular complexity index is 195. The van der Waals surface area contributed by atoms with E-state index in [9.17, 15) is 4.79 Å². The SMILES string of the molecule is CC=C(C)C(=O)OCCOCC(C)C. The molecule has 0 saturated carbocycles. The molecule has 0 spiro atoms. The molecule has 0 heterocycles. The van der Waals surface area contributed by atoms with Crippen LogP contribution in [0.15, 0.2) is 11.6 Å². The molecule has 0 aliphatic carbocycles. The van der Waals surface area contributed by atoms with E-state index in [1.807, 2.05) is 6.92 Å². The Labute approximate surface area is 86.1 Å². The molecule has 0 unspecified atom stereocenters. The fourth-order valence-corrected chi connectivity index (χ4v) is 0.744. The zero-order valence-corrected chi connectivity index (χ0v) is 9.50. The summed E-state index contributed by atoms with van der Waals surface area (Å²) in [6.07, 6.45) is 1.73. The van der Waals surface area contributed by atoms with Gasteiger partial charge in [0.05, 0.1) is 6.61 Å². The summed E-state index contributed by atoms with van der Waals surface area (Å²) < 4.78 is 10.2. The minimum atomic E-state index is -0.263. The molecule has 0 bridgehead atoms. The second-order valence-corrected chi connectivity index (χ2v) is 3.58. The predicted molar refractivity (Wildman–Crippen MR) is 56.0 cm³/mol. The van der Waals surface area contributed by atoms with Crippen LogP contribution >= 0.6 is 0 Å². The summed E-state index contributed by atoms with van der Waals surface area (Å²) in [7, 11) is 0. The van der Waals surface area contributed by atoms with Crippen LogP contribution in [0.1, 0.15) is 27.7 Å². The van der Waals surface area contributed by atoms with E-state index in [1.54, 1.807) is 13.0 Å². The number of carbonyl (C=O) groups excluding carboxylic acids is 1. The molecule has 82 valence electrons. The van der Waals surface area contributed by atoms with Crippen LogP contribution in [0, 0.1) is 5.92 Å². The lowest BCUT2D eigenvalue weighted by Gasteiger charge is -2.07. The molecule has 3 nitrogen and oxygen atoms in total. The molecule has 0 aromatic rings. The van der Waals surface area contributed by atoms with Gasteiger partial charge in [-0.05, 0) is 19.8 Å². The van der Waals surface area contributed by atoms with Crippen molar-refractivity contribution in [2.75, 3.05) is 19.8 Å². The lowest BCUT2D eigenvalue weighted by Crippen LogP contribution is -2.13. The van der Waals surface area contributed by atoms with Gasteiger partial charge < -0.3 is 9.47 Å². The van der Waals surface area contributed by atoms with Crippen molar-refractivity contribution in [3.05, 3.63) is 11.6 Å². The summed E-state index contributed by atoms with van der Waals surface area (Å²) >= 11 is 0. The highest BCUT2D eigenvalue weighted by molar-refractivity contribution is 5.87. The molecule has 0 aliphatic rings. The van der Waals surface area contributed by atoms with Crippen LogP contribution in [0.3, 0.4) is 0 Å². The average Bonchev–Trinajstić information content (AvgIpc) is 2.15. The molecule has 0 N–H and O–H groups in total. The van der Waals surface area contributed by atoms with Gasteiger partial charge in [-0.1, -0.05) is 19.9 Å². The molecule has 0 atom stereocenters. The molecule has 0 aliphatic heterocycles. The van der Waals surface area contributed by atoms with Gasteiger partial charge in [0.25, 0.3) is 0 Å². The summed E-state index contributed by atoms with van der Waals surface area (Å²) in [5.41, 5.74) is 0.633. The number of hydrogen-bond donors (Lipinski definition) is 0. The molecular weight excluding hydrogens is 180 g/mol. The van der Waals surface area contributed by atoms with E-state index in [2.05, 4.69) is 13.8 Å². The van der Waals surface area contributed by atoms with Crippen LogP contribution in [0.25, 0.3) is 0 Å². The lowest BCUT2D eigenvalue weighted by molar-refractivity contribution is -0.140. The molecule has 0 amide bonds. The van der Waals surface area contributed by atoms with Gasteiger partial charge in [0.15, 0.2) is 0 Å². The van der Waals surface area contributed by atoms with E-state index in [-0.39, 0.29) is 5.97 Å². The second-order valence-electron chi connectivity index (χ2n) is 3.58. The van der Waals surface area contributed by atoms with Crippen LogP contribution < -0.4 is 0 Å². The monoisotopic (exact) mass is 200 g/mol. The molecule has 14 heavy (non-hydrogen) atoms. The quantitative estimate of drug-likeness (QED) is 0.374. The van der Waals surface area contributed by atoms with E-state index in [0.717, 1.165) is 0 Å². The van der Waals surface area contributed by atoms with Gasteiger partial charge in [-0.2, -0.15) is 0 Å². The van der Waals surface area contributed by atoms with Gasteiger partial charge in [-0.3, -0.25) is 0 Å². The maximum atomic E-state index is 11.1. The van der Waals surface area contributed by atoms with Crippen LogP contribution in [0.2, 0.25) is 0 Å². The van der Waals surface area contributed by atoms with Gasteiger partial charge in [0.2, 0.25) is 0 Å². The summed E-state index contributed by atoms with van der Waals surface area (Å²) in [5.74, 6) is 0.253. The highest BCUT2D eigenvalue weighted by Crippen LogP contribution is 1.96. The zero-order valence-electron chi connectivity index (χ0n) is 9.50. The molecule has 0 saturated heterocycles. The van der Waals surface area contributed by atoms with Gasteiger partial charge in [-0.25, -0.2) is 4.79 Å². The van der Waals surface area contributed by atoms with Gasteiger partial charge in [-0.15, -0.1) is 0 Å². The van der Waals surface area contributed by atoms with E-state index in [4.69, 9.17) is 9.47 Å². The van der Waals surface area contributed by atoms with Crippen LogP contribution in [0.4, 0.5) is 0 Å². The van der Waals surface area contributed by atoms with Crippen molar-refractivity contribution >= 4 is 5.97 Å². The Kier molecular flexibility index (Phi) is 7.11. The summed E-state index contributed by atoms with van der Waals surface area (Å²) in [4.78, 5) is 11.1. The van der Waals surface area contributed by atoms with Crippen molar-refractivity contribution in [2.45, 2.75) is 27.7 Å². The average molecular weight is 200 g/mol. The first-order valence-corrected chi connectivity index (χ1v) is 4.95. The Morgan fingerprint density at radius 2 is 2.00 bits per heavy atom. The van der Waals surface area contributed by atoms with Crippen molar-refractivity contribution in [3.8, 4) is 0 Å². The maximum absolute atomic E-state index is 11.1. The number of esters is 1. The second kappa shape index (κ2) is 7.56. The Balaban J connectivity index is 3.41. The van der Waals surface area contributed by atoms with Crippen molar-refractivity contribution in [1.29, 1.82) is 0 Å². The van der Waals surface area contributed by atoms with Crippen molar-refractivity contribution in [2.24, 2.45) is 5.92 Å². The molecule has 0 aromatic heterocycles. The predicted octanol–water partition coefficient (Wildman–Crippen LogP) is 2.17. The molecule has 3 heteroatoms. The minimum absolute atomic E-state index is 0.263. The smallest absolute Gasteiger partial charge is 0.333 e. The summed E-state index contributed by atoms with van der Waals surface area (Å²) in [5, 5.41) is 0. The Morgan fingerprint density at radius 3 is 2.50 bits per heavy atom. The lowest BCUT2D eigenvalue weighted by atomic mass is 10.2. The fraction of sp³-hybridized carbons (Fsp3) is 0.727. The standard InChI is InChI=1S/C11H20O3/c1-5-10(4)11(12)14-7-6-13-8-9(2)3/h5,9H,6-8H2,1-4H3. The maximum Gasteiger partial charge on any atom is 0.333 e. The third-order valence-electron chi connectivity index (χ3n) is 1.67. The first-order valence-electron chi connectivity index (χ1n) is 4.95. The molecule has 0 fully saturated rings. The van der Waals surface area contributed by atoms with E-state index < -0.39 is 0 Å². The largest absolute Gasteiger partial charge is 0.460 e. The van der Waals surface area contributed by atoms with Crippen molar-refractivity contribution in [3.63, 3.8) is 0 Å². The molecule has 0 rings (SSSR count). The van der Waals surface area contributed by atoms with Crippen LogP contribution in [-0.4, -0.2) is 25.8 Å². The first kappa shape index (κ1) is 13.2. The number of allylic oxidation sites excluding steroid dienone is 1. The molecule has 0 aromatic carbocycles. The number of carbonyl (C=O) groups is 1. The normalized spacial score (nSPS) is 11.9. The number of hydrogen-bond acceptors (Lipinski definition) is 3. The van der Waals surface area contributed by atoms with Crippen LogP contribution in [0.5, 0.6) is 0 Å². The third-order valence-corrected chi connectivity index (χ3v) is 1.67. The van der Waals surface area contributed by atoms with Crippen LogP contribution in [-0.2, 0) is 14.3 Å². The number of ether oxygens (including phenoxy) is 2. The Morgan fingerprint density at radius 1 is 1.36 bits per heavy atom. The highest BCUT2D eigenvalue weighted by atomic mass is 16.6. The summed E-state index contributed by atoms with van der Waals surface area (Å²) in [6.45, 7) is 9.22. The molecular formula is C11H20O3. The van der Waals surface area contributed by atoms with Gasteiger partial charge in [0, 0.05) is 12.2 Å². The van der Waals surface area contributed by atoms with Gasteiger partial charge >= 0.3 is 5.97 Å². The zero-order chi connectivity index (χ0) is 11.0. The Hall–Kier alpha value is -0.830. The van der Waals surface area contributed by atoms with Crippen molar-refractivity contribution in [1.82, 2.24) is 0 Å². The third kappa shape index (κ3) is 6.66. The summed E-state index contributed by atoms with van der Waals surface area (Å²) in [6, 6.07) is 0. The van der Waals surface area contributed by atoms with Gasteiger partial charge in [0.1, 0.15) is 6.61 Å². The highest BCUT2D eigenvalue weighted by Gasteiger charge is 2.03. The first-order chi connectivity index (χ1) is 6.57. The minimum Gasteiger partial charge on any atom is -0.460 e. The topological polar surface area (TPSA) is 35.5 Å². The number of rotatable bonds is 6. The van der Waals surface area contributed by atoms with E-state index in [0.29, 0.717) is 31.3 Å². The fourth-order valence-electron chi connectivity index (χ4n) is 0.744. The van der Waals surface area contributed by atoms with E-state index >= 15 is 0 Å². The van der Waals surface area contributed by atoms with E-state index in [1.165, 1.54) is 0 Å². The molecule has 0 radical (unpaired) electrons. The van der Waals surface area contributed by atoms with Crippen molar-refractivity contribution < 1.29 is 14.3 Å².